The molecule has 8 heteroatoms. The standard InChI is InChI=1S/C19H18N4O4/c24-16-5-2-1-4-13(16)18(25)22-7-9-23(10-8-22)19(26)15-12-14(20-21-15)17-6-3-11-27-17/h1-6,11-12,24H,7-10H2,(H,20,21). The molecule has 27 heavy (non-hydrogen) atoms. The molecule has 2 N–H and O–H groups in total. The van der Waals surface area contributed by atoms with E-state index >= 15 is 0 Å². The minimum atomic E-state index is -0.236. The second-order valence-corrected chi connectivity index (χ2v) is 6.25. The number of phenols is 1. The lowest BCUT2D eigenvalue weighted by atomic mass is 10.1. The van der Waals surface area contributed by atoms with Crippen molar-refractivity contribution in [3.05, 3.63) is 60.0 Å². The number of aromatic nitrogens is 2. The molecule has 3 aromatic rings. The highest BCUT2D eigenvalue weighted by molar-refractivity contribution is 5.97. The van der Waals surface area contributed by atoms with Crippen molar-refractivity contribution in [2.75, 3.05) is 26.2 Å². The third kappa shape index (κ3) is 3.29. The SMILES string of the molecule is O=C(c1cc(-c2ccco2)[nH]n1)N1CCN(C(=O)c2ccccc2O)CC1. The van der Waals surface area contributed by atoms with Gasteiger partial charge in [-0.1, -0.05) is 12.1 Å². The summed E-state index contributed by atoms with van der Waals surface area (Å²) in [5.74, 6) is 0.140. The molecule has 2 amide bonds. The van der Waals surface area contributed by atoms with E-state index in [0.29, 0.717) is 43.3 Å². The summed E-state index contributed by atoms with van der Waals surface area (Å²) >= 11 is 0. The second kappa shape index (κ2) is 6.99. The zero-order chi connectivity index (χ0) is 18.8. The number of phenolic OH excluding ortho intramolecular Hbond substituents is 1. The van der Waals surface area contributed by atoms with Crippen molar-refractivity contribution in [1.29, 1.82) is 0 Å². The number of para-hydroxylation sites is 1. The quantitative estimate of drug-likeness (QED) is 0.738. The number of furan rings is 1. The Bertz CT molecular complexity index is 956. The van der Waals surface area contributed by atoms with Crippen molar-refractivity contribution < 1.29 is 19.1 Å². The van der Waals surface area contributed by atoms with E-state index in [0.717, 1.165) is 0 Å². The summed E-state index contributed by atoms with van der Waals surface area (Å²) in [4.78, 5) is 28.5. The molecule has 0 saturated carbocycles. The van der Waals surface area contributed by atoms with Crippen LogP contribution in [0.4, 0.5) is 0 Å². The summed E-state index contributed by atoms with van der Waals surface area (Å²) in [6.07, 6.45) is 1.55. The first-order chi connectivity index (χ1) is 13.1. The fraction of sp³-hybridized carbons (Fsp3) is 0.211. The van der Waals surface area contributed by atoms with Crippen LogP contribution in [-0.4, -0.2) is 63.1 Å². The van der Waals surface area contributed by atoms with Gasteiger partial charge >= 0.3 is 0 Å². The van der Waals surface area contributed by atoms with Crippen LogP contribution in [0.3, 0.4) is 0 Å². The molecule has 0 bridgehead atoms. The number of benzene rings is 1. The van der Waals surface area contributed by atoms with Gasteiger partial charge in [0.2, 0.25) is 0 Å². The average Bonchev–Trinajstić information content (AvgIpc) is 3.39. The average molecular weight is 366 g/mol. The number of aromatic amines is 1. The Kier molecular flexibility index (Phi) is 4.37. The van der Waals surface area contributed by atoms with Crippen LogP contribution in [0.2, 0.25) is 0 Å². The fourth-order valence-corrected chi connectivity index (χ4v) is 3.09. The van der Waals surface area contributed by atoms with Gasteiger partial charge in [0.15, 0.2) is 11.5 Å². The molecule has 3 heterocycles. The van der Waals surface area contributed by atoms with E-state index < -0.39 is 0 Å². The molecule has 8 nitrogen and oxygen atoms in total. The lowest BCUT2D eigenvalue weighted by molar-refractivity contribution is 0.0530. The van der Waals surface area contributed by atoms with Crippen LogP contribution in [0.25, 0.3) is 11.5 Å². The Morgan fingerprint density at radius 2 is 1.70 bits per heavy atom. The molecule has 0 unspecified atom stereocenters. The largest absolute Gasteiger partial charge is 0.507 e. The Hall–Kier alpha value is -3.55. The van der Waals surface area contributed by atoms with Crippen LogP contribution in [-0.2, 0) is 0 Å². The predicted molar refractivity (Wildman–Crippen MR) is 96.2 cm³/mol. The van der Waals surface area contributed by atoms with Crippen molar-refractivity contribution in [3.8, 4) is 17.2 Å². The van der Waals surface area contributed by atoms with Crippen LogP contribution in [0.1, 0.15) is 20.8 Å². The Morgan fingerprint density at radius 1 is 1.00 bits per heavy atom. The molecule has 1 aromatic carbocycles. The van der Waals surface area contributed by atoms with Gasteiger partial charge in [0.1, 0.15) is 11.4 Å². The number of rotatable bonds is 3. The molecule has 2 aromatic heterocycles. The van der Waals surface area contributed by atoms with E-state index in [4.69, 9.17) is 4.42 Å². The molecular weight excluding hydrogens is 348 g/mol. The minimum Gasteiger partial charge on any atom is -0.507 e. The molecule has 0 spiro atoms. The lowest BCUT2D eigenvalue weighted by Gasteiger charge is -2.34. The maximum atomic E-state index is 12.7. The van der Waals surface area contributed by atoms with Gasteiger partial charge in [-0.25, -0.2) is 0 Å². The molecular formula is C19H18N4O4. The minimum absolute atomic E-state index is 0.0389. The van der Waals surface area contributed by atoms with Gasteiger partial charge in [0.25, 0.3) is 11.8 Å². The number of carbonyl (C=O) groups excluding carboxylic acids is 2. The van der Waals surface area contributed by atoms with Crippen LogP contribution in [0, 0.1) is 0 Å². The first kappa shape index (κ1) is 16.9. The van der Waals surface area contributed by atoms with Crippen LogP contribution in [0.15, 0.2) is 53.1 Å². The van der Waals surface area contributed by atoms with Gasteiger partial charge < -0.3 is 19.3 Å². The predicted octanol–water partition coefficient (Wildman–Crippen LogP) is 1.97. The van der Waals surface area contributed by atoms with E-state index in [-0.39, 0.29) is 23.1 Å². The van der Waals surface area contributed by atoms with E-state index in [9.17, 15) is 14.7 Å². The Morgan fingerprint density at radius 3 is 2.37 bits per heavy atom. The van der Waals surface area contributed by atoms with Gasteiger partial charge in [0, 0.05) is 32.2 Å². The monoisotopic (exact) mass is 366 g/mol. The molecule has 4 rings (SSSR count). The normalized spacial score (nSPS) is 14.4. The van der Waals surface area contributed by atoms with Crippen molar-refractivity contribution in [1.82, 2.24) is 20.0 Å². The molecule has 138 valence electrons. The molecule has 0 atom stereocenters. The number of hydrogen-bond donors (Lipinski definition) is 2. The summed E-state index contributed by atoms with van der Waals surface area (Å²) in [5, 5.41) is 16.7. The van der Waals surface area contributed by atoms with Gasteiger partial charge in [-0.2, -0.15) is 5.10 Å². The van der Waals surface area contributed by atoms with E-state index in [2.05, 4.69) is 10.2 Å². The third-order valence-electron chi connectivity index (χ3n) is 4.57. The summed E-state index contributed by atoms with van der Waals surface area (Å²) in [6.45, 7) is 1.60. The highest BCUT2D eigenvalue weighted by Crippen LogP contribution is 2.21. The first-order valence-electron chi connectivity index (χ1n) is 8.59. The van der Waals surface area contributed by atoms with E-state index in [1.54, 1.807) is 52.5 Å². The Labute approximate surface area is 155 Å². The van der Waals surface area contributed by atoms with Gasteiger partial charge in [-0.15, -0.1) is 0 Å². The van der Waals surface area contributed by atoms with E-state index in [1.165, 1.54) is 6.07 Å². The first-order valence-corrected chi connectivity index (χ1v) is 8.59. The number of amides is 2. The molecule has 0 aliphatic carbocycles. The number of piperazine rings is 1. The van der Waals surface area contributed by atoms with Crippen molar-refractivity contribution in [2.24, 2.45) is 0 Å². The Balaban J connectivity index is 1.40. The van der Waals surface area contributed by atoms with Gasteiger partial charge in [-0.05, 0) is 24.3 Å². The van der Waals surface area contributed by atoms with Crippen molar-refractivity contribution >= 4 is 11.8 Å². The third-order valence-corrected chi connectivity index (χ3v) is 4.57. The molecule has 1 aliphatic rings. The molecule has 1 saturated heterocycles. The fourth-order valence-electron chi connectivity index (χ4n) is 3.09. The summed E-state index contributed by atoms with van der Waals surface area (Å²) in [7, 11) is 0. The van der Waals surface area contributed by atoms with Crippen LogP contribution < -0.4 is 0 Å². The maximum Gasteiger partial charge on any atom is 0.274 e. The van der Waals surface area contributed by atoms with Crippen molar-refractivity contribution in [3.63, 3.8) is 0 Å². The number of carbonyl (C=O) groups is 2. The summed E-state index contributed by atoms with van der Waals surface area (Å²) < 4.78 is 5.29. The number of aromatic hydroxyl groups is 1. The maximum absolute atomic E-state index is 12.7. The van der Waals surface area contributed by atoms with Crippen LogP contribution >= 0.6 is 0 Å². The summed E-state index contributed by atoms with van der Waals surface area (Å²) in [6, 6.07) is 11.7. The number of nitrogens with one attached hydrogen (secondary N) is 1. The highest BCUT2D eigenvalue weighted by atomic mass is 16.3. The second-order valence-electron chi connectivity index (χ2n) is 6.25. The van der Waals surface area contributed by atoms with Crippen LogP contribution in [0.5, 0.6) is 5.75 Å². The number of nitrogens with zero attached hydrogens (tertiary/aromatic N) is 3. The molecule has 1 aliphatic heterocycles. The number of hydrogen-bond acceptors (Lipinski definition) is 5. The zero-order valence-electron chi connectivity index (χ0n) is 14.5. The van der Waals surface area contributed by atoms with Crippen molar-refractivity contribution in [2.45, 2.75) is 0 Å². The lowest BCUT2D eigenvalue weighted by Crippen LogP contribution is -2.50. The van der Waals surface area contributed by atoms with Gasteiger partial charge in [0.05, 0.1) is 11.8 Å². The van der Waals surface area contributed by atoms with Gasteiger partial charge in [-0.3, -0.25) is 14.7 Å². The molecule has 1 fully saturated rings. The topological polar surface area (TPSA) is 103 Å². The highest BCUT2D eigenvalue weighted by Gasteiger charge is 2.27. The zero-order valence-corrected chi connectivity index (χ0v) is 14.5. The summed E-state index contributed by atoms with van der Waals surface area (Å²) in [5.41, 5.74) is 1.21. The smallest absolute Gasteiger partial charge is 0.274 e. The molecule has 0 radical (unpaired) electrons. The number of H-pyrrole nitrogens is 1. The van der Waals surface area contributed by atoms with E-state index in [1.807, 2.05) is 0 Å².